The first-order chi connectivity index (χ1) is 10.1. The zero-order chi connectivity index (χ0) is 14.8. The van der Waals surface area contributed by atoms with Crippen LogP contribution in [0.1, 0.15) is 37.9 Å². The van der Waals surface area contributed by atoms with Gasteiger partial charge in [0.15, 0.2) is 0 Å². The topological polar surface area (TPSA) is 64.6 Å². The fourth-order valence-corrected chi connectivity index (χ4v) is 3.46. The van der Waals surface area contributed by atoms with Crippen molar-refractivity contribution in [2.45, 2.75) is 44.4 Å². The van der Waals surface area contributed by atoms with Crippen molar-refractivity contribution in [1.82, 2.24) is 10.2 Å². The van der Waals surface area contributed by atoms with E-state index in [0.717, 1.165) is 18.5 Å². The number of nitrogens with one attached hydrogen (secondary N) is 2. The number of aliphatic hydroxyl groups excluding tert-OH is 1. The number of nitrogens with zero attached hydrogens (tertiary/aromatic N) is 1. The lowest BCUT2D eigenvalue weighted by Crippen LogP contribution is -2.44. The molecule has 5 nitrogen and oxygen atoms in total. The van der Waals surface area contributed by atoms with Crippen LogP contribution in [0.4, 0.5) is 10.5 Å². The second-order valence-corrected chi connectivity index (χ2v) is 6.04. The maximum absolute atomic E-state index is 12.1. The van der Waals surface area contributed by atoms with Crippen molar-refractivity contribution in [2.75, 3.05) is 18.4 Å². The standard InChI is InChI=1S/C16H23N3O2/c1-11(20)12-4-2-5-13(10-12)17-16(21)18-14-7-9-19-8-3-6-15(14)19/h2,4-5,10-11,14-15,20H,3,6-9H2,1H3,(H2,17,18,21). The summed E-state index contributed by atoms with van der Waals surface area (Å²) in [7, 11) is 0. The molecule has 1 aromatic carbocycles. The molecule has 3 atom stereocenters. The van der Waals surface area contributed by atoms with E-state index in [1.54, 1.807) is 13.0 Å². The van der Waals surface area contributed by atoms with Crippen LogP contribution < -0.4 is 10.6 Å². The predicted molar refractivity (Wildman–Crippen MR) is 82.2 cm³/mol. The average Bonchev–Trinajstić information content (AvgIpc) is 3.04. The molecule has 0 bridgehead atoms. The molecule has 2 aliphatic rings. The molecule has 0 spiro atoms. The maximum atomic E-state index is 12.1. The number of benzene rings is 1. The Labute approximate surface area is 125 Å². The van der Waals surface area contributed by atoms with Crippen molar-refractivity contribution in [3.05, 3.63) is 29.8 Å². The average molecular weight is 289 g/mol. The van der Waals surface area contributed by atoms with Crippen molar-refractivity contribution in [2.24, 2.45) is 0 Å². The number of rotatable bonds is 3. The lowest BCUT2D eigenvalue weighted by Gasteiger charge is -2.21. The molecule has 114 valence electrons. The number of urea groups is 1. The van der Waals surface area contributed by atoms with E-state index in [1.165, 1.54) is 19.4 Å². The van der Waals surface area contributed by atoms with Gasteiger partial charge >= 0.3 is 6.03 Å². The van der Waals surface area contributed by atoms with Gasteiger partial charge in [-0.2, -0.15) is 0 Å². The van der Waals surface area contributed by atoms with Gasteiger partial charge in [-0.3, -0.25) is 4.90 Å². The van der Waals surface area contributed by atoms with Gasteiger partial charge in [0.2, 0.25) is 0 Å². The SMILES string of the molecule is CC(O)c1cccc(NC(=O)NC2CCN3CCCC23)c1. The number of aliphatic hydroxyl groups is 1. The van der Waals surface area contributed by atoms with Crippen molar-refractivity contribution in [3.63, 3.8) is 0 Å². The molecule has 3 unspecified atom stereocenters. The minimum absolute atomic E-state index is 0.156. The summed E-state index contributed by atoms with van der Waals surface area (Å²) in [5.41, 5.74) is 1.52. The third kappa shape index (κ3) is 3.19. The summed E-state index contributed by atoms with van der Waals surface area (Å²) in [6.45, 7) is 3.97. The van der Waals surface area contributed by atoms with Gasteiger partial charge in [-0.25, -0.2) is 4.79 Å². The highest BCUT2D eigenvalue weighted by Crippen LogP contribution is 2.28. The molecule has 1 aromatic rings. The Balaban J connectivity index is 1.58. The van der Waals surface area contributed by atoms with Crippen LogP contribution >= 0.6 is 0 Å². The molecule has 2 fully saturated rings. The molecule has 2 aliphatic heterocycles. The van der Waals surface area contributed by atoms with Crippen molar-refractivity contribution in [1.29, 1.82) is 0 Å². The summed E-state index contributed by atoms with van der Waals surface area (Å²) in [6, 6.07) is 7.94. The summed E-state index contributed by atoms with van der Waals surface area (Å²) in [6.07, 6.45) is 2.92. The minimum atomic E-state index is -0.531. The van der Waals surface area contributed by atoms with E-state index < -0.39 is 6.10 Å². The van der Waals surface area contributed by atoms with Crippen LogP contribution in [0.15, 0.2) is 24.3 Å². The number of anilines is 1. The van der Waals surface area contributed by atoms with Crippen LogP contribution in [0.5, 0.6) is 0 Å². The normalized spacial score (nSPS) is 26.4. The van der Waals surface area contributed by atoms with Gasteiger partial charge in [-0.1, -0.05) is 12.1 Å². The molecule has 2 amide bonds. The smallest absolute Gasteiger partial charge is 0.319 e. The quantitative estimate of drug-likeness (QED) is 0.798. The van der Waals surface area contributed by atoms with Crippen LogP contribution in [0, 0.1) is 0 Å². The summed E-state index contributed by atoms with van der Waals surface area (Å²) in [5.74, 6) is 0. The number of carbonyl (C=O) groups excluding carboxylic acids is 1. The zero-order valence-corrected chi connectivity index (χ0v) is 12.4. The molecule has 2 heterocycles. The Morgan fingerprint density at radius 3 is 3.05 bits per heavy atom. The third-order valence-electron chi connectivity index (χ3n) is 4.55. The van der Waals surface area contributed by atoms with E-state index in [1.807, 2.05) is 18.2 Å². The van der Waals surface area contributed by atoms with Gasteiger partial charge in [-0.15, -0.1) is 0 Å². The molecule has 21 heavy (non-hydrogen) atoms. The fourth-order valence-electron chi connectivity index (χ4n) is 3.46. The first-order valence-corrected chi connectivity index (χ1v) is 7.73. The molecule has 0 aliphatic carbocycles. The van der Waals surface area contributed by atoms with Crippen LogP contribution in [-0.2, 0) is 0 Å². The van der Waals surface area contributed by atoms with E-state index in [-0.39, 0.29) is 12.1 Å². The number of fused-ring (bicyclic) bond motifs is 1. The highest BCUT2D eigenvalue weighted by molar-refractivity contribution is 5.89. The van der Waals surface area contributed by atoms with Gasteiger partial charge in [0, 0.05) is 24.3 Å². The number of hydrogen-bond acceptors (Lipinski definition) is 3. The lowest BCUT2D eigenvalue weighted by atomic mass is 10.1. The van der Waals surface area contributed by atoms with Crippen LogP contribution in [-0.4, -0.2) is 41.2 Å². The highest BCUT2D eigenvalue weighted by Gasteiger charge is 2.37. The Bertz CT molecular complexity index is 518. The van der Waals surface area contributed by atoms with Crippen LogP contribution in [0.3, 0.4) is 0 Å². The van der Waals surface area contributed by atoms with Gasteiger partial charge in [0.05, 0.1) is 6.10 Å². The zero-order valence-electron chi connectivity index (χ0n) is 12.4. The molecule has 5 heteroatoms. The van der Waals surface area contributed by atoms with Gasteiger partial charge in [-0.05, 0) is 50.4 Å². The molecule has 3 N–H and O–H groups in total. The Morgan fingerprint density at radius 1 is 1.38 bits per heavy atom. The second kappa shape index (κ2) is 6.03. The van der Waals surface area contributed by atoms with Crippen molar-refractivity contribution < 1.29 is 9.90 Å². The number of carbonyl (C=O) groups is 1. The molecule has 0 aromatic heterocycles. The van der Waals surface area contributed by atoms with E-state index >= 15 is 0 Å². The first-order valence-electron chi connectivity index (χ1n) is 7.73. The second-order valence-electron chi connectivity index (χ2n) is 6.04. The van der Waals surface area contributed by atoms with E-state index in [4.69, 9.17) is 0 Å². The largest absolute Gasteiger partial charge is 0.389 e. The van der Waals surface area contributed by atoms with Gasteiger partial charge in [0.1, 0.15) is 0 Å². The monoisotopic (exact) mass is 289 g/mol. The fraction of sp³-hybridized carbons (Fsp3) is 0.562. The van der Waals surface area contributed by atoms with Crippen LogP contribution in [0.25, 0.3) is 0 Å². The number of amides is 2. The molecule has 3 rings (SSSR count). The molecular formula is C16H23N3O2. The molecular weight excluding hydrogens is 266 g/mol. The van der Waals surface area contributed by atoms with Gasteiger partial charge < -0.3 is 15.7 Å². The third-order valence-corrected chi connectivity index (χ3v) is 4.55. The van der Waals surface area contributed by atoms with E-state index in [9.17, 15) is 9.90 Å². The minimum Gasteiger partial charge on any atom is -0.389 e. The Hall–Kier alpha value is -1.59. The van der Waals surface area contributed by atoms with Crippen LogP contribution in [0.2, 0.25) is 0 Å². The summed E-state index contributed by atoms with van der Waals surface area (Å²) < 4.78 is 0. The Morgan fingerprint density at radius 2 is 2.24 bits per heavy atom. The summed E-state index contributed by atoms with van der Waals surface area (Å²) in [4.78, 5) is 14.6. The molecule has 0 radical (unpaired) electrons. The molecule has 0 saturated carbocycles. The van der Waals surface area contributed by atoms with E-state index in [2.05, 4.69) is 15.5 Å². The first kappa shape index (κ1) is 14.4. The van der Waals surface area contributed by atoms with E-state index in [0.29, 0.717) is 11.7 Å². The molecule has 2 saturated heterocycles. The van der Waals surface area contributed by atoms with Gasteiger partial charge in [0.25, 0.3) is 0 Å². The summed E-state index contributed by atoms with van der Waals surface area (Å²) in [5, 5.41) is 15.5. The van der Waals surface area contributed by atoms with Crippen molar-refractivity contribution in [3.8, 4) is 0 Å². The van der Waals surface area contributed by atoms with Crippen molar-refractivity contribution >= 4 is 11.7 Å². The Kier molecular flexibility index (Phi) is 4.12. The maximum Gasteiger partial charge on any atom is 0.319 e. The highest BCUT2D eigenvalue weighted by atomic mass is 16.3. The predicted octanol–water partition coefficient (Wildman–Crippen LogP) is 2.10. The lowest BCUT2D eigenvalue weighted by molar-refractivity contribution is 0.199. The summed E-state index contributed by atoms with van der Waals surface area (Å²) >= 11 is 0. The number of hydrogen-bond donors (Lipinski definition) is 3.